The summed E-state index contributed by atoms with van der Waals surface area (Å²) in [7, 11) is -3.10. The summed E-state index contributed by atoms with van der Waals surface area (Å²) in [5.41, 5.74) is 5.04. The van der Waals surface area contributed by atoms with Crippen LogP contribution in [0.25, 0.3) is 32.5 Å². The molecule has 2 heterocycles. The molecule has 0 saturated carbocycles. The Bertz CT molecular complexity index is 1300. The van der Waals surface area contributed by atoms with Gasteiger partial charge in [-0.3, -0.25) is 4.98 Å². The van der Waals surface area contributed by atoms with Gasteiger partial charge in [0, 0.05) is 28.3 Å². The van der Waals surface area contributed by atoms with Gasteiger partial charge in [-0.15, -0.1) is 11.3 Å². The molecule has 0 aliphatic rings. The zero-order valence-electron chi connectivity index (χ0n) is 16.1. The van der Waals surface area contributed by atoms with Gasteiger partial charge in [0.1, 0.15) is 9.84 Å². The highest BCUT2D eigenvalue weighted by Gasteiger charge is 2.17. The first-order valence-corrected chi connectivity index (χ1v) is 12.4. The molecule has 4 rings (SSSR count). The maximum atomic E-state index is 11.9. The molecule has 29 heavy (non-hydrogen) atoms. The highest BCUT2D eigenvalue weighted by molar-refractivity contribution is 7.91. The van der Waals surface area contributed by atoms with Gasteiger partial charge < -0.3 is 0 Å². The van der Waals surface area contributed by atoms with Crippen molar-refractivity contribution < 1.29 is 8.42 Å². The summed E-state index contributed by atoms with van der Waals surface area (Å²) in [6.45, 7) is 1.75. The third-order valence-corrected chi connectivity index (χ3v) is 7.96. The van der Waals surface area contributed by atoms with Crippen LogP contribution >= 0.6 is 22.9 Å². The minimum Gasteiger partial charge on any atom is -0.256 e. The zero-order chi connectivity index (χ0) is 20.6. The lowest BCUT2D eigenvalue weighted by atomic mass is 9.96. The number of nitrogens with zero attached hydrogens (tertiary/aromatic N) is 1. The third-order valence-electron chi connectivity index (χ3n) is 5.05. The van der Waals surface area contributed by atoms with Gasteiger partial charge in [0.2, 0.25) is 0 Å². The Morgan fingerprint density at radius 3 is 2.55 bits per heavy atom. The van der Waals surface area contributed by atoms with Crippen molar-refractivity contribution in [1.82, 2.24) is 4.98 Å². The molecule has 0 saturated heterocycles. The van der Waals surface area contributed by atoms with Crippen LogP contribution in [0.5, 0.6) is 0 Å². The van der Waals surface area contributed by atoms with Crippen molar-refractivity contribution >= 4 is 43.7 Å². The number of sulfone groups is 1. The molecule has 0 spiro atoms. The smallest absolute Gasteiger partial charge is 0.150 e. The monoisotopic (exact) mass is 441 g/mol. The van der Waals surface area contributed by atoms with Gasteiger partial charge in [0.15, 0.2) is 0 Å². The van der Waals surface area contributed by atoms with E-state index in [1.165, 1.54) is 6.26 Å². The first kappa shape index (κ1) is 20.1. The lowest BCUT2D eigenvalue weighted by molar-refractivity contribution is 0.588. The zero-order valence-corrected chi connectivity index (χ0v) is 18.5. The lowest BCUT2D eigenvalue weighted by Gasteiger charge is -2.14. The van der Waals surface area contributed by atoms with Crippen LogP contribution in [0.2, 0.25) is 4.34 Å². The molecular weight excluding hydrogens is 422 g/mol. The topological polar surface area (TPSA) is 47.0 Å². The summed E-state index contributed by atoms with van der Waals surface area (Å²) in [5, 5.41) is 0.564. The SMILES string of the molecule is CC(Cc1cc(-c2cccc(-c3ccc(Cl)s3)c2)c2ncccc2c1)S(C)(=O)=O. The van der Waals surface area contributed by atoms with Crippen LogP contribution in [0.3, 0.4) is 0 Å². The van der Waals surface area contributed by atoms with E-state index < -0.39 is 15.1 Å². The summed E-state index contributed by atoms with van der Waals surface area (Å²) in [6, 6.07) is 20.2. The van der Waals surface area contributed by atoms with Crippen molar-refractivity contribution in [2.75, 3.05) is 6.26 Å². The molecule has 4 aromatic rings. The van der Waals surface area contributed by atoms with Crippen molar-refractivity contribution in [2.45, 2.75) is 18.6 Å². The van der Waals surface area contributed by atoms with Gasteiger partial charge in [-0.25, -0.2) is 8.42 Å². The first-order valence-electron chi connectivity index (χ1n) is 9.24. The van der Waals surface area contributed by atoms with Crippen molar-refractivity contribution in [3.8, 4) is 21.6 Å². The molecule has 0 bridgehead atoms. The average Bonchev–Trinajstić information content (AvgIpc) is 3.13. The number of benzene rings is 2. The fourth-order valence-electron chi connectivity index (χ4n) is 3.39. The van der Waals surface area contributed by atoms with Crippen LogP contribution in [0, 0.1) is 0 Å². The molecule has 148 valence electrons. The molecule has 2 aromatic carbocycles. The van der Waals surface area contributed by atoms with Crippen molar-refractivity contribution in [2.24, 2.45) is 0 Å². The molecule has 0 amide bonds. The van der Waals surface area contributed by atoms with Gasteiger partial charge in [0.05, 0.1) is 15.1 Å². The molecule has 0 N–H and O–H groups in total. The molecule has 1 atom stereocenters. The molecule has 0 fully saturated rings. The van der Waals surface area contributed by atoms with Gasteiger partial charge in [0.25, 0.3) is 0 Å². The van der Waals surface area contributed by atoms with Gasteiger partial charge in [-0.05, 0) is 66.4 Å². The van der Waals surface area contributed by atoms with E-state index in [1.807, 2.05) is 36.4 Å². The van der Waals surface area contributed by atoms with Crippen LogP contribution in [-0.2, 0) is 16.3 Å². The molecule has 6 heteroatoms. The summed E-state index contributed by atoms with van der Waals surface area (Å²) in [6.07, 6.45) is 3.54. The van der Waals surface area contributed by atoms with Gasteiger partial charge >= 0.3 is 0 Å². The Balaban J connectivity index is 1.84. The Morgan fingerprint density at radius 1 is 1.03 bits per heavy atom. The molecule has 2 aromatic heterocycles. The summed E-state index contributed by atoms with van der Waals surface area (Å²) < 4.78 is 24.6. The van der Waals surface area contributed by atoms with Crippen LogP contribution in [0.4, 0.5) is 0 Å². The van der Waals surface area contributed by atoms with E-state index in [4.69, 9.17) is 11.6 Å². The number of pyridine rings is 1. The fourth-order valence-corrected chi connectivity index (χ4v) is 4.92. The Morgan fingerprint density at radius 2 is 1.83 bits per heavy atom. The quantitative estimate of drug-likeness (QED) is 0.367. The highest BCUT2D eigenvalue weighted by Crippen LogP contribution is 2.35. The van der Waals surface area contributed by atoms with Crippen molar-refractivity contribution in [1.29, 1.82) is 0 Å². The largest absolute Gasteiger partial charge is 0.256 e. The van der Waals surface area contributed by atoms with Crippen LogP contribution < -0.4 is 0 Å². The minimum absolute atomic E-state index is 0.441. The number of halogens is 1. The standard InChI is InChI=1S/C23H20ClNO2S2/c1-15(29(2,26)27)11-16-12-19-7-4-10-25-23(19)20(13-16)17-5-3-6-18(14-17)21-8-9-22(24)28-21/h3-10,12-15H,11H2,1-2H3. The predicted octanol–water partition coefficient (Wildman–Crippen LogP) is 6.26. The number of fused-ring (bicyclic) bond motifs is 1. The first-order chi connectivity index (χ1) is 13.8. The summed E-state index contributed by atoms with van der Waals surface area (Å²) in [5.74, 6) is 0. The summed E-state index contributed by atoms with van der Waals surface area (Å²) >= 11 is 7.66. The molecule has 1 unspecified atom stereocenters. The number of rotatable bonds is 5. The lowest BCUT2D eigenvalue weighted by Crippen LogP contribution is -2.18. The van der Waals surface area contributed by atoms with E-state index in [-0.39, 0.29) is 0 Å². The molecule has 0 aliphatic carbocycles. The molecule has 0 radical (unpaired) electrons. The van der Waals surface area contributed by atoms with E-state index >= 15 is 0 Å². The van der Waals surface area contributed by atoms with E-state index in [0.29, 0.717) is 6.42 Å². The normalized spacial score (nSPS) is 12.9. The van der Waals surface area contributed by atoms with Crippen molar-refractivity contribution in [3.05, 3.63) is 76.8 Å². The molecule has 0 aliphatic heterocycles. The van der Waals surface area contributed by atoms with Gasteiger partial charge in [-0.1, -0.05) is 35.9 Å². The second-order valence-electron chi connectivity index (χ2n) is 7.25. The number of hydrogen-bond acceptors (Lipinski definition) is 4. The second-order valence-corrected chi connectivity index (χ2v) is 11.4. The van der Waals surface area contributed by atoms with Crippen LogP contribution in [0.15, 0.2) is 66.9 Å². The number of thiophene rings is 1. The Labute approximate surface area is 179 Å². The van der Waals surface area contributed by atoms with Crippen LogP contribution in [-0.4, -0.2) is 24.9 Å². The maximum absolute atomic E-state index is 11.9. The maximum Gasteiger partial charge on any atom is 0.150 e. The predicted molar refractivity (Wildman–Crippen MR) is 124 cm³/mol. The van der Waals surface area contributed by atoms with E-state index in [2.05, 4.69) is 29.2 Å². The van der Waals surface area contributed by atoms with Crippen LogP contribution in [0.1, 0.15) is 12.5 Å². The summed E-state index contributed by atoms with van der Waals surface area (Å²) in [4.78, 5) is 5.70. The number of aromatic nitrogens is 1. The van der Waals surface area contributed by atoms with E-state index in [9.17, 15) is 8.42 Å². The molecular formula is C23H20ClNO2S2. The molecule has 3 nitrogen and oxygen atoms in total. The average molecular weight is 442 g/mol. The third kappa shape index (κ3) is 4.37. The second kappa shape index (κ2) is 7.90. The Hall–Kier alpha value is -2.21. The van der Waals surface area contributed by atoms with E-state index in [0.717, 1.165) is 42.4 Å². The van der Waals surface area contributed by atoms with E-state index in [1.54, 1.807) is 24.5 Å². The fraction of sp³-hybridized carbons (Fsp3) is 0.174. The van der Waals surface area contributed by atoms with Crippen molar-refractivity contribution in [3.63, 3.8) is 0 Å². The van der Waals surface area contributed by atoms with Gasteiger partial charge in [-0.2, -0.15) is 0 Å². The minimum atomic E-state index is -3.10. The number of hydrogen-bond donors (Lipinski definition) is 0. The highest BCUT2D eigenvalue weighted by atomic mass is 35.5. The Kier molecular flexibility index (Phi) is 5.47.